The molecule has 0 aromatic rings. The number of rotatable bonds is 7. The van der Waals surface area contributed by atoms with Crippen molar-refractivity contribution >= 4 is 32.5 Å². The molecule has 28 heavy (non-hydrogen) atoms. The maximum absolute atomic E-state index is 12.4. The fourth-order valence-electron chi connectivity index (χ4n) is 3.45. The molecule has 0 spiro atoms. The zero-order valence-corrected chi connectivity index (χ0v) is 16.5. The number of piperidine rings is 1. The fourth-order valence-corrected chi connectivity index (χ4v) is 4.81. The van der Waals surface area contributed by atoms with E-state index in [0.29, 0.717) is 11.5 Å². The minimum Gasteiger partial charge on any atom is -0.309 e. The summed E-state index contributed by atoms with van der Waals surface area (Å²) in [6, 6.07) is -2.36. The maximum Gasteiger partial charge on any atom is 0.418 e. The minimum absolute atomic E-state index is 0.0596. The Balaban J connectivity index is 1.54. The third-order valence-corrected chi connectivity index (χ3v) is 6.71. The summed E-state index contributed by atoms with van der Waals surface area (Å²) >= 11 is 0. The number of carbonyl (C=O) groups is 2. The number of urea groups is 1. The van der Waals surface area contributed by atoms with Crippen LogP contribution in [0.2, 0.25) is 0 Å². The number of hydroxylamine groups is 3. The Bertz CT molecular complexity index is 848. The van der Waals surface area contributed by atoms with Gasteiger partial charge >= 0.3 is 16.4 Å². The van der Waals surface area contributed by atoms with Crippen LogP contribution >= 0.6 is 0 Å². The topological polar surface area (TPSA) is 175 Å². The Morgan fingerprint density at radius 1 is 1.18 bits per heavy atom. The first-order valence-electron chi connectivity index (χ1n) is 8.43. The molecule has 14 nitrogen and oxygen atoms in total. The summed E-state index contributed by atoms with van der Waals surface area (Å²) in [5, 5.41) is 0.543. The lowest BCUT2D eigenvalue weighted by atomic mass is 10.0. The van der Waals surface area contributed by atoms with E-state index in [-0.39, 0.29) is 32.5 Å². The summed E-state index contributed by atoms with van der Waals surface area (Å²) in [6.45, 7) is 0.361. The lowest BCUT2D eigenvalue weighted by Gasteiger charge is -2.29. The van der Waals surface area contributed by atoms with Crippen LogP contribution in [0.1, 0.15) is 19.3 Å². The molecule has 2 bridgehead atoms. The van der Waals surface area contributed by atoms with Gasteiger partial charge in [-0.25, -0.2) is 15.0 Å². The van der Waals surface area contributed by atoms with Gasteiger partial charge in [0.1, 0.15) is 12.1 Å². The normalized spacial score (nSPS) is 28.8. The number of fused-ring (bicyclic) bond motifs is 2. The van der Waals surface area contributed by atoms with Gasteiger partial charge in [0.15, 0.2) is 0 Å². The van der Waals surface area contributed by atoms with Crippen molar-refractivity contribution in [3.8, 4) is 0 Å². The molecule has 3 unspecified atom stereocenters. The van der Waals surface area contributed by atoms with Crippen molar-refractivity contribution in [3.05, 3.63) is 0 Å². The molecule has 0 aliphatic carbocycles. The Morgan fingerprint density at radius 3 is 2.54 bits per heavy atom. The van der Waals surface area contributed by atoms with Crippen molar-refractivity contribution in [3.63, 3.8) is 0 Å². The van der Waals surface area contributed by atoms with Gasteiger partial charge in [-0.15, -0.1) is 4.28 Å². The molecule has 16 heteroatoms. The zero-order valence-electron chi connectivity index (χ0n) is 14.8. The Labute approximate surface area is 161 Å². The smallest absolute Gasteiger partial charge is 0.309 e. The van der Waals surface area contributed by atoms with Gasteiger partial charge in [0, 0.05) is 26.7 Å². The van der Waals surface area contributed by atoms with Crippen molar-refractivity contribution in [1.29, 1.82) is 0 Å². The molecule has 3 aliphatic rings. The standard InChI is InChI=1S/C12H21N5O9S2/c1-13-27(20,21)15-5-4-9(7-15)25-14-11(18)10-3-2-8-6-16(10)12(19)17(8)26-28(22,23)24/h8-10,13H,2-7H2,1H3,(H,14,18)(H,22,23,24). The van der Waals surface area contributed by atoms with Crippen LogP contribution in [0.15, 0.2) is 0 Å². The average Bonchev–Trinajstić information content (AvgIpc) is 3.19. The second-order valence-electron chi connectivity index (χ2n) is 6.57. The SMILES string of the molecule is CNS(=O)(=O)N1CCC(ONC(=O)C2CCC3CN2C(=O)N3OS(=O)(=O)O)C1. The predicted octanol–water partition coefficient (Wildman–Crippen LogP) is -2.42. The third kappa shape index (κ3) is 4.37. The molecule has 0 radical (unpaired) electrons. The third-order valence-electron chi connectivity index (χ3n) is 4.83. The van der Waals surface area contributed by atoms with Crippen molar-refractivity contribution < 1.29 is 40.1 Å². The molecule has 3 N–H and O–H groups in total. The van der Waals surface area contributed by atoms with Crippen LogP contribution in [0.4, 0.5) is 4.79 Å². The molecular formula is C12H21N5O9S2. The van der Waals surface area contributed by atoms with Crippen LogP contribution in [-0.4, -0.2) is 92.5 Å². The fraction of sp³-hybridized carbons (Fsp3) is 0.833. The highest BCUT2D eigenvalue weighted by molar-refractivity contribution is 7.87. The molecule has 3 rings (SSSR count). The number of carbonyl (C=O) groups excluding carboxylic acids is 2. The summed E-state index contributed by atoms with van der Waals surface area (Å²) < 4.78 is 61.7. The highest BCUT2D eigenvalue weighted by atomic mass is 32.3. The van der Waals surface area contributed by atoms with Crippen molar-refractivity contribution in [2.24, 2.45) is 0 Å². The summed E-state index contributed by atoms with van der Waals surface area (Å²) in [7, 11) is -7.14. The van der Waals surface area contributed by atoms with Gasteiger partial charge in [0.05, 0.1) is 6.04 Å². The molecule has 3 atom stereocenters. The van der Waals surface area contributed by atoms with Gasteiger partial charge in [-0.2, -0.15) is 26.2 Å². The second-order valence-corrected chi connectivity index (χ2v) is 9.45. The van der Waals surface area contributed by atoms with Crippen molar-refractivity contribution in [1.82, 2.24) is 24.5 Å². The van der Waals surface area contributed by atoms with E-state index in [1.165, 1.54) is 11.4 Å². The van der Waals surface area contributed by atoms with Gasteiger partial charge in [0.25, 0.3) is 16.1 Å². The minimum atomic E-state index is -4.86. The molecule has 3 aliphatic heterocycles. The number of hydrogen-bond acceptors (Lipinski definition) is 8. The van der Waals surface area contributed by atoms with Crippen LogP contribution < -0.4 is 10.2 Å². The lowest BCUT2D eigenvalue weighted by molar-refractivity contribution is -0.143. The molecule has 3 amide bonds. The van der Waals surface area contributed by atoms with E-state index in [1.54, 1.807) is 0 Å². The monoisotopic (exact) mass is 443 g/mol. The van der Waals surface area contributed by atoms with Gasteiger partial charge in [-0.3, -0.25) is 14.2 Å². The summed E-state index contributed by atoms with van der Waals surface area (Å²) in [4.78, 5) is 31.1. The maximum atomic E-state index is 12.4. The van der Waals surface area contributed by atoms with E-state index in [4.69, 9.17) is 9.39 Å². The van der Waals surface area contributed by atoms with Gasteiger partial charge in [-0.1, -0.05) is 0 Å². The highest BCUT2D eigenvalue weighted by Crippen LogP contribution is 2.30. The van der Waals surface area contributed by atoms with E-state index in [1.807, 2.05) is 0 Å². The first kappa shape index (κ1) is 21.2. The number of hydrogen-bond donors (Lipinski definition) is 3. The van der Waals surface area contributed by atoms with E-state index in [0.717, 1.165) is 4.90 Å². The summed E-state index contributed by atoms with van der Waals surface area (Å²) in [5.74, 6) is -0.615. The van der Waals surface area contributed by atoms with Crippen molar-refractivity contribution in [2.45, 2.75) is 37.5 Å². The van der Waals surface area contributed by atoms with Gasteiger partial charge in [0.2, 0.25) is 0 Å². The first-order chi connectivity index (χ1) is 13.0. The zero-order chi connectivity index (χ0) is 20.7. The number of nitrogens with one attached hydrogen (secondary N) is 2. The number of nitrogens with zero attached hydrogens (tertiary/aromatic N) is 3. The molecule has 0 aromatic heterocycles. The number of amides is 3. The Hall–Kier alpha value is -1.56. The molecule has 3 fully saturated rings. The van der Waals surface area contributed by atoms with Crippen LogP contribution in [0, 0.1) is 0 Å². The summed E-state index contributed by atoms with van der Waals surface area (Å²) in [5.41, 5.74) is 2.25. The van der Waals surface area contributed by atoms with Crippen molar-refractivity contribution in [2.75, 3.05) is 26.7 Å². The van der Waals surface area contributed by atoms with E-state index < -0.39 is 50.7 Å². The van der Waals surface area contributed by atoms with Crippen LogP contribution in [0.25, 0.3) is 0 Å². The Morgan fingerprint density at radius 2 is 1.89 bits per heavy atom. The van der Waals surface area contributed by atoms with E-state index in [2.05, 4.69) is 14.5 Å². The molecule has 160 valence electrons. The van der Waals surface area contributed by atoms with E-state index in [9.17, 15) is 26.4 Å². The summed E-state index contributed by atoms with van der Waals surface area (Å²) in [6.07, 6.45) is 0.360. The second kappa shape index (κ2) is 7.69. The van der Waals surface area contributed by atoms with Crippen LogP contribution in [0.3, 0.4) is 0 Å². The van der Waals surface area contributed by atoms with Gasteiger partial charge in [-0.05, 0) is 19.3 Å². The predicted molar refractivity (Wildman–Crippen MR) is 90.6 cm³/mol. The highest BCUT2D eigenvalue weighted by Gasteiger charge is 2.49. The lowest BCUT2D eigenvalue weighted by Crippen LogP contribution is -2.50. The largest absolute Gasteiger partial charge is 0.418 e. The van der Waals surface area contributed by atoms with Crippen LogP contribution in [-0.2, 0) is 34.5 Å². The molecular weight excluding hydrogens is 422 g/mol. The average molecular weight is 443 g/mol. The van der Waals surface area contributed by atoms with E-state index >= 15 is 0 Å². The Kier molecular flexibility index (Phi) is 5.81. The molecule has 3 saturated heterocycles. The first-order valence-corrected chi connectivity index (χ1v) is 11.2. The van der Waals surface area contributed by atoms with Gasteiger partial charge < -0.3 is 4.90 Å². The molecule has 3 heterocycles. The molecule has 0 aromatic carbocycles. The van der Waals surface area contributed by atoms with Crippen LogP contribution in [0.5, 0.6) is 0 Å². The quantitative estimate of drug-likeness (QED) is 0.285. The molecule has 0 saturated carbocycles.